The highest BCUT2D eigenvalue weighted by molar-refractivity contribution is 6.22. The van der Waals surface area contributed by atoms with Crippen LogP contribution in [0.15, 0.2) is 91.0 Å². The molecule has 2 amide bonds. The first-order valence-electron chi connectivity index (χ1n) is 13.7. The van der Waals surface area contributed by atoms with Crippen molar-refractivity contribution < 1.29 is 23.9 Å². The summed E-state index contributed by atoms with van der Waals surface area (Å²) < 4.78 is 5.45. The van der Waals surface area contributed by atoms with Gasteiger partial charge in [-0.1, -0.05) is 72.8 Å². The molecule has 202 valence electrons. The number of amides is 2. The molecule has 4 atom stereocenters. The minimum absolute atomic E-state index is 0.126. The summed E-state index contributed by atoms with van der Waals surface area (Å²) in [7, 11) is 0. The fourth-order valence-electron chi connectivity index (χ4n) is 6.56. The lowest BCUT2D eigenvalue weighted by molar-refractivity contribution is -0.123. The van der Waals surface area contributed by atoms with Gasteiger partial charge in [0.2, 0.25) is 11.8 Å². The van der Waals surface area contributed by atoms with E-state index in [1.807, 2.05) is 25.1 Å². The number of fused-ring (bicyclic) bond motifs is 6. The molecule has 0 radical (unpaired) electrons. The molecule has 3 aliphatic rings. The fourth-order valence-corrected chi connectivity index (χ4v) is 6.56. The van der Waals surface area contributed by atoms with Crippen LogP contribution in [0.1, 0.15) is 32.7 Å². The van der Waals surface area contributed by atoms with Gasteiger partial charge >= 0.3 is 5.97 Å². The number of allylic oxidation sites excluding steroid dienone is 2. The Morgan fingerprint density at radius 2 is 1.56 bits per heavy atom. The van der Waals surface area contributed by atoms with E-state index in [1.165, 1.54) is 4.90 Å². The maximum absolute atomic E-state index is 13.3. The van der Waals surface area contributed by atoms with E-state index in [0.29, 0.717) is 39.0 Å². The van der Waals surface area contributed by atoms with Gasteiger partial charge in [-0.25, -0.2) is 9.78 Å². The molecule has 4 unspecified atom stereocenters. The van der Waals surface area contributed by atoms with Crippen molar-refractivity contribution >= 4 is 40.2 Å². The van der Waals surface area contributed by atoms with Gasteiger partial charge in [0, 0.05) is 16.5 Å². The number of aryl methyl sites for hydroxylation is 1. The van der Waals surface area contributed by atoms with Crippen LogP contribution in [-0.4, -0.2) is 35.2 Å². The summed E-state index contributed by atoms with van der Waals surface area (Å²) in [6.07, 6.45) is 5.05. The highest BCUT2D eigenvalue weighted by Crippen LogP contribution is 2.53. The van der Waals surface area contributed by atoms with Crippen LogP contribution >= 0.6 is 0 Å². The number of para-hydroxylation sites is 1. The predicted molar refractivity (Wildman–Crippen MR) is 153 cm³/mol. The fraction of sp³-hybridized carbons (Fsp3) is 0.206. The molecule has 2 fully saturated rings. The van der Waals surface area contributed by atoms with Crippen LogP contribution in [0.4, 0.5) is 5.69 Å². The lowest BCUT2D eigenvalue weighted by Crippen LogP contribution is -2.32. The number of ketones is 1. The summed E-state index contributed by atoms with van der Waals surface area (Å²) in [6.45, 7) is 1.54. The molecule has 1 aromatic heterocycles. The number of esters is 1. The molecular weight excluding hydrogens is 516 g/mol. The van der Waals surface area contributed by atoms with E-state index in [4.69, 9.17) is 9.72 Å². The third-order valence-corrected chi connectivity index (χ3v) is 8.58. The number of nitrogens with zero attached hydrogens (tertiary/aromatic N) is 2. The van der Waals surface area contributed by atoms with Gasteiger partial charge in [-0.3, -0.25) is 19.3 Å². The molecule has 4 aromatic rings. The van der Waals surface area contributed by atoms with Crippen molar-refractivity contribution in [3.8, 4) is 11.3 Å². The van der Waals surface area contributed by atoms with Crippen LogP contribution in [0.3, 0.4) is 0 Å². The number of ether oxygens (including phenoxy) is 1. The van der Waals surface area contributed by atoms with Crippen molar-refractivity contribution in [1.82, 2.24) is 4.98 Å². The number of aromatic nitrogens is 1. The molecular formula is C34H26N2O5. The standard InChI is InChI=1S/C34H26N2O5/c1-19-6-5-9-25-26(34(40)41-18-28(37)21-7-3-2-4-8-21)17-27(35-31(19)25)20-12-14-24(15-13-20)36-32(38)29-22-10-11-23(16-22)30(29)33(36)39/h2-15,17,22-23,29-30H,16,18H2,1H3. The predicted octanol–water partition coefficient (Wildman–Crippen LogP) is 5.56. The van der Waals surface area contributed by atoms with Gasteiger partial charge < -0.3 is 4.74 Å². The highest BCUT2D eigenvalue weighted by atomic mass is 16.5. The van der Waals surface area contributed by atoms with Crippen molar-refractivity contribution in [1.29, 1.82) is 0 Å². The summed E-state index contributed by atoms with van der Waals surface area (Å²) >= 11 is 0. The lowest BCUT2D eigenvalue weighted by atomic mass is 9.85. The SMILES string of the molecule is Cc1cccc2c(C(=O)OCC(=O)c3ccccc3)cc(-c3ccc(N4C(=O)C5C6C=CC(C6)C5C4=O)cc3)nc12. The van der Waals surface area contributed by atoms with Crippen LogP contribution in [0.2, 0.25) is 0 Å². The zero-order valence-corrected chi connectivity index (χ0v) is 22.3. The number of imide groups is 1. The number of hydrogen-bond donors (Lipinski definition) is 0. The molecule has 3 aromatic carbocycles. The van der Waals surface area contributed by atoms with E-state index < -0.39 is 5.97 Å². The molecule has 1 saturated heterocycles. The van der Waals surface area contributed by atoms with Crippen LogP contribution in [0, 0.1) is 30.6 Å². The maximum atomic E-state index is 13.3. The quantitative estimate of drug-likeness (QED) is 0.137. The Hall–Kier alpha value is -4.91. The molecule has 1 saturated carbocycles. The average molecular weight is 543 g/mol. The van der Waals surface area contributed by atoms with Crippen molar-refractivity contribution in [2.75, 3.05) is 11.5 Å². The van der Waals surface area contributed by atoms with E-state index in [1.54, 1.807) is 60.7 Å². The molecule has 1 aliphatic heterocycles. The maximum Gasteiger partial charge on any atom is 0.339 e. The lowest BCUT2D eigenvalue weighted by Gasteiger charge is -2.18. The van der Waals surface area contributed by atoms with E-state index >= 15 is 0 Å². The summed E-state index contributed by atoms with van der Waals surface area (Å²) in [5, 5.41) is 0.630. The van der Waals surface area contributed by atoms with Crippen LogP contribution in [0.5, 0.6) is 0 Å². The molecule has 0 spiro atoms. The van der Waals surface area contributed by atoms with Crippen LogP contribution < -0.4 is 4.90 Å². The summed E-state index contributed by atoms with van der Waals surface area (Å²) in [4.78, 5) is 58.4. The first-order valence-corrected chi connectivity index (χ1v) is 13.7. The number of carbonyl (C=O) groups is 4. The Morgan fingerprint density at radius 3 is 2.24 bits per heavy atom. The molecule has 7 nitrogen and oxygen atoms in total. The summed E-state index contributed by atoms with van der Waals surface area (Å²) in [5.74, 6) is -1.38. The first kappa shape index (κ1) is 25.1. The van der Waals surface area contributed by atoms with Crippen LogP contribution in [-0.2, 0) is 14.3 Å². The second-order valence-electron chi connectivity index (χ2n) is 11.0. The molecule has 7 rings (SSSR count). The van der Waals surface area contributed by atoms with Crippen molar-refractivity contribution in [2.24, 2.45) is 23.7 Å². The minimum atomic E-state index is -0.617. The van der Waals surface area contributed by atoms with E-state index in [2.05, 4.69) is 12.2 Å². The van der Waals surface area contributed by atoms with Gasteiger partial charge in [0.05, 0.1) is 34.3 Å². The Balaban J connectivity index is 1.18. The van der Waals surface area contributed by atoms with E-state index in [-0.39, 0.29) is 47.9 Å². The van der Waals surface area contributed by atoms with Crippen molar-refractivity contribution in [3.63, 3.8) is 0 Å². The number of hydrogen-bond acceptors (Lipinski definition) is 6. The number of anilines is 1. The largest absolute Gasteiger partial charge is 0.454 e. The normalized spacial score (nSPS) is 22.4. The van der Waals surface area contributed by atoms with Gasteiger partial charge in [0.25, 0.3) is 0 Å². The Kier molecular flexibility index (Phi) is 5.89. The van der Waals surface area contributed by atoms with Gasteiger partial charge in [0.15, 0.2) is 12.4 Å². The number of carbonyl (C=O) groups excluding carboxylic acids is 4. The zero-order valence-electron chi connectivity index (χ0n) is 22.3. The zero-order chi connectivity index (χ0) is 28.2. The Morgan fingerprint density at radius 1 is 0.878 bits per heavy atom. The summed E-state index contributed by atoms with van der Waals surface area (Å²) in [5.41, 5.74) is 4.11. The Labute approximate surface area is 236 Å². The monoisotopic (exact) mass is 542 g/mol. The third-order valence-electron chi connectivity index (χ3n) is 8.58. The minimum Gasteiger partial charge on any atom is -0.454 e. The van der Waals surface area contributed by atoms with Crippen LogP contribution in [0.25, 0.3) is 22.2 Å². The van der Waals surface area contributed by atoms with Gasteiger partial charge in [-0.15, -0.1) is 0 Å². The summed E-state index contributed by atoms with van der Waals surface area (Å²) in [6, 6.07) is 23.0. The van der Waals surface area contributed by atoms with E-state index in [0.717, 1.165) is 12.0 Å². The molecule has 7 heteroatoms. The Bertz CT molecular complexity index is 1750. The van der Waals surface area contributed by atoms with Gasteiger partial charge in [-0.2, -0.15) is 0 Å². The van der Waals surface area contributed by atoms with Crippen molar-refractivity contribution in [2.45, 2.75) is 13.3 Å². The molecule has 2 bridgehead atoms. The topological polar surface area (TPSA) is 93.6 Å². The van der Waals surface area contributed by atoms with Gasteiger partial charge in [0.1, 0.15) is 0 Å². The number of rotatable bonds is 6. The molecule has 2 aliphatic carbocycles. The molecule has 41 heavy (non-hydrogen) atoms. The number of Topliss-reactive ketones (excluding diaryl/α,β-unsaturated/α-hetero) is 1. The highest BCUT2D eigenvalue weighted by Gasteiger charge is 2.59. The van der Waals surface area contributed by atoms with Gasteiger partial charge in [-0.05, 0) is 48.9 Å². The molecule has 0 N–H and O–H groups in total. The van der Waals surface area contributed by atoms with E-state index in [9.17, 15) is 19.2 Å². The first-order chi connectivity index (χ1) is 19.9. The third kappa shape index (κ3) is 4.08. The average Bonchev–Trinajstić information content (AvgIpc) is 3.69. The van der Waals surface area contributed by atoms with Crippen molar-refractivity contribution in [3.05, 3.63) is 108 Å². The second-order valence-corrected chi connectivity index (χ2v) is 11.0. The smallest absolute Gasteiger partial charge is 0.339 e. The number of pyridine rings is 1. The molecule has 2 heterocycles. The number of benzene rings is 3. The second kappa shape index (κ2) is 9.63.